The Labute approximate surface area is 207 Å². The lowest BCUT2D eigenvalue weighted by Gasteiger charge is -2.42. The summed E-state index contributed by atoms with van der Waals surface area (Å²) in [7, 11) is 0. The molecule has 1 aliphatic rings. The first-order valence-corrected chi connectivity index (χ1v) is 11.2. The molecule has 0 saturated heterocycles. The van der Waals surface area contributed by atoms with Crippen molar-refractivity contribution >= 4 is 17.9 Å². The number of carbonyl (C=O) groups is 3. The highest BCUT2D eigenvalue weighted by molar-refractivity contribution is 5.90. The van der Waals surface area contributed by atoms with Crippen LogP contribution in [0.4, 0.5) is 0 Å². The topological polar surface area (TPSA) is 119 Å². The first-order chi connectivity index (χ1) is 17.4. The fraction of sp³-hybridized carbons (Fsp3) is 0.179. The number of rotatable bonds is 7. The van der Waals surface area contributed by atoms with Crippen molar-refractivity contribution in [2.45, 2.75) is 23.9 Å². The summed E-state index contributed by atoms with van der Waals surface area (Å²) in [5.74, 6) is -2.24. The van der Waals surface area contributed by atoms with Crippen molar-refractivity contribution in [3.8, 4) is 0 Å². The molecule has 0 aromatic heterocycles. The van der Waals surface area contributed by atoms with Gasteiger partial charge in [0.1, 0.15) is 18.8 Å². The number of hydrogen-bond acceptors (Lipinski definition) is 8. The maximum Gasteiger partial charge on any atom is 0.338 e. The van der Waals surface area contributed by atoms with Gasteiger partial charge < -0.3 is 24.4 Å². The summed E-state index contributed by atoms with van der Waals surface area (Å²) in [5.41, 5.74) is -1.62. The molecule has 184 valence electrons. The van der Waals surface area contributed by atoms with Crippen LogP contribution in [-0.4, -0.2) is 58.6 Å². The molecular formula is C28H24O8. The van der Waals surface area contributed by atoms with Crippen molar-refractivity contribution < 1.29 is 38.8 Å². The highest BCUT2D eigenvalue weighted by Gasteiger charge is 2.52. The fourth-order valence-electron chi connectivity index (χ4n) is 3.71. The summed E-state index contributed by atoms with van der Waals surface area (Å²) in [5, 5.41) is 22.6. The fourth-order valence-corrected chi connectivity index (χ4v) is 3.71. The molecule has 0 heterocycles. The van der Waals surface area contributed by atoms with Crippen molar-refractivity contribution in [1.29, 1.82) is 0 Å². The average molecular weight is 488 g/mol. The normalized spacial score (nSPS) is 22.9. The van der Waals surface area contributed by atoms with Gasteiger partial charge >= 0.3 is 17.9 Å². The Balaban J connectivity index is 1.56. The molecule has 8 heteroatoms. The second kappa shape index (κ2) is 11.0. The van der Waals surface area contributed by atoms with E-state index in [0.29, 0.717) is 0 Å². The zero-order valence-electron chi connectivity index (χ0n) is 19.1. The standard InChI is InChI=1S/C28H24O8/c29-24-22(35-26(31)20-12-6-2-7-13-20)16-17-23(36-27(32)21-14-8-3-9-15-21)28(24,33)18-34-25(30)19-10-4-1-5-11-19/h1-17,22-24,29,33H,18H2/t22-,23+,24-,28+/m0/s1. The Kier molecular flexibility index (Phi) is 7.58. The molecule has 0 aliphatic heterocycles. The Morgan fingerprint density at radius 2 is 1.11 bits per heavy atom. The van der Waals surface area contributed by atoms with E-state index in [1.165, 1.54) is 36.4 Å². The minimum absolute atomic E-state index is 0.224. The Hall–Kier alpha value is -4.27. The minimum atomic E-state index is -2.31. The van der Waals surface area contributed by atoms with Crippen LogP contribution in [0, 0.1) is 0 Å². The van der Waals surface area contributed by atoms with Crippen LogP contribution in [-0.2, 0) is 14.2 Å². The number of ether oxygens (including phenoxy) is 3. The molecule has 0 radical (unpaired) electrons. The van der Waals surface area contributed by atoms with E-state index >= 15 is 0 Å². The van der Waals surface area contributed by atoms with Gasteiger partial charge in [-0.05, 0) is 48.6 Å². The molecule has 0 saturated carbocycles. The van der Waals surface area contributed by atoms with E-state index in [1.54, 1.807) is 66.7 Å². The average Bonchev–Trinajstić information content (AvgIpc) is 2.93. The molecule has 3 aromatic rings. The zero-order valence-corrected chi connectivity index (χ0v) is 19.1. The Morgan fingerprint density at radius 3 is 1.61 bits per heavy atom. The van der Waals surface area contributed by atoms with E-state index in [2.05, 4.69) is 0 Å². The van der Waals surface area contributed by atoms with Crippen LogP contribution >= 0.6 is 0 Å². The van der Waals surface area contributed by atoms with E-state index in [-0.39, 0.29) is 16.7 Å². The third-order valence-electron chi connectivity index (χ3n) is 5.73. The van der Waals surface area contributed by atoms with Gasteiger partial charge in [0.2, 0.25) is 0 Å². The largest absolute Gasteiger partial charge is 0.459 e. The summed E-state index contributed by atoms with van der Waals surface area (Å²) < 4.78 is 16.2. The van der Waals surface area contributed by atoms with Crippen LogP contribution in [0.15, 0.2) is 103 Å². The summed E-state index contributed by atoms with van der Waals surface area (Å²) in [6, 6.07) is 24.3. The molecule has 3 aromatic carbocycles. The van der Waals surface area contributed by atoms with Gasteiger partial charge in [0.05, 0.1) is 16.7 Å². The summed E-state index contributed by atoms with van der Waals surface area (Å²) in [4.78, 5) is 37.7. The van der Waals surface area contributed by atoms with Crippen LogP contribution in [0.5, 0.6) is 0 Å². The van der Waals surface area contributed by atoms with Crippen molar-refractivity contribution in [1.82, 2.24) is 0 Å². The molecule has 4 atom stereocenters. The molecule has 4 rings (SSSR count). The molecule has 0 unspecified atom stereocenters. The number of aliphatic hydroxyl groups excluding tert-OH is 1. The summed E-state index contributed by atoms with van der Waals surface area (Å²) in [6.07, 6.45) is -1.87. The first-order valence-electron chi connectivity index (χ1n) is 11.2. The van der Waals surface area contributed by atoms with Gasteiger partial charge in [0.25, 0.3) is 0 Å². The predicted molar refractivity (Wildman–Crippen MR) is 128 cm³/mol. The molecule has 8 nitrogen and oxygen atoms in total. The molecule has 0 fully saturated rings. The summed E-state index contributed by atoms with van der Waals surface area (Å²) >= 11 is 0. The van der Waals surface area contributed by atoms with Gasteiger partial charge in [-0.3, -0.25) is 0 Å². The number of carbonyl (C=O) groups excluding carboxylic acids is 3. The van der Waals surface area contributed by atoms with Crippen molar-refractivity contribution in [3.63, 3.8) is 0 Å². The highest BCUT2D eigenvalue weighted by atomic mass is 16.6. The third kappa shape index (κ3) is 5.51. The molecule has 0 amide bonds. The van der Waals surface area contributed by atoms with Crippen LogP contribution in [0.1, 0.15) is 31.1 Å². The SMILES string of the molecule is O=C(OC[C@@]1(O)[C@H](OC(=O)c2ccccc2)C=C[C@H](OC(=O)c2ccccc2)[C@@H]1O)c1ccccc1. The number of aliphatic hydroxyl groups is 2. The van der Waals surface area contributed by atoms with E-state index in [1.807, 2.05) is 0 Å². The first kappa shape index (κ1) is 24.8. The van der Waals surface area contributed by atoms with E-state index in [0.717, 1.165) is 0 Å². The van der Waals surface area contributed by atoms with E-state index < -0.39 is 48.4 Å². The van der Waals surface area contributed by atoms with Crippen LogP contribution in [0.3, 0.4) is 0 Å². The van der Waals surface area contributed by atoms with Gasteiger partial charge in [-0.25, -0.2) is 14.4 Å². The zero-order chi connectivity index (χ0) is 25.5. The van der Waals surface area contributed by atoms with E-state index in [4.69, 9.17) is 14.2 Å². The maximum absolute atomic E-state index is 12.7. The lowest BCUT2D eigenvalue weighted by atomic mass is 9.82. The van der Waals surface area contributed by atoms with Crippen LogP contribution < -0.4 is 0 Å². The molecule has 0 bridgehead atoms. The molecule has 36 heavy (non-hydrogen) atoms. The van der Waals surface area contributed by atoms with Crippen molar-refractivity contribution in [2.75, 3.05) is 6.61 Å². The quantitative estimate of drug-likeness (QED) is 0.296. The van der Waals surface area contributed by atoms with Gasteiger partial charge in [0, 0.05) is 0 Å². The predicted octanol–water partition coefficient (Wildman–Crippen LogP) is 2.96. The monoisotopic (exact) mass is 488 g/mol. The lowest BCUT2D eigenvalue weighted by Crippen LogP contribution is -2.62. The number of benzene rings is 3. The van der Waals surface area contributed by atoms with Gasteiger partial charge in [-0.1, -0.05) is 54.6 Å². The molecule has 0 spiro atoms. The van der Waals surface area contributed by atoms with Crippen LogP contribution in [0.25, 0.3) is 0 Å². The van der Waals surface area contributed by atoms with Crippen LogP contribution in [0.2, 0.25) is 0 Å². The molecular weight excluding hydrogens is 464 g/mol. The third-order valence-corrected chi connectivity index (χ3v) is 5.73. The summed E-state index contributed by atoms with van der Waals surface area (Å²) in [6.45, 7) is -0.738. The maximum atomic E-state index is 12.7. The molecule has 1 aliphatic carbocycles. The second-order valence-electron chi connectivity index (χ2n) is 8.19. The smallest absolute Gasteiger partial charge is 0.338 e. The van der Waals surface area contributed by atoms with Crippen molar-refractivity contribution in [2.24, 2.45) is 0 Å². The Morgan fingerprint density at radius 1 is 0.667 bits per heavy atom. The minimum Gasteiger partial charge on any atom is -0.459 e. The van der Waals surface area contributed by atoms with Gasteiger partial charge in [-0.15, -0.1) is 0 Å². The van der Waals surface area contributed by atoms with E-state index in [9.17, 15) is 24.6 Å². The number of esters is 3. The van der Waals surface area contributed by atoms with Crippen molar-refractivity contribution in [3.05, 3.63) is 120 Å². The van der Waals surface area contributed by atoms with Gasteiger partial charge in [0.15, 0.2) is 11.7 Å². The Bertz CT molecular complexity index is 1230. The highest BCUT2D eigenvalue weighted by Crippen LogP contribution is 2.31. The lowest BCUT2D eigenvalue weighted by molar-refractivity contribution is -0.184. The second-order valence-corrected chi connectivity index (χ2v) is 8.19. The number of hydrogen-bond donors (Lipinski definition) is 2. The molecule has 2 N–H and O–H groups in total. The van der Waals surface area contributed by atoms with Gasteiger partial charge in [-0.2, -0.15) is 0 Å².